The number of benzene rings is 2. The average Bonchev–Trinajstić information content (AvgIpc) is 2.56. The zero-order chi connectivity index (χ0) is 16.9. The van der Waals surface area contributed by atoms with Crippen LogP contribution in [0.5, 0.6) is 0 Å². The van der Waals surface area contributed by atoms with E-state index in [0.717, 1.165) is 30.9 Å². The van der Waals surface area contributed by atoms with Crippen LogP contribution in [-0.2, 0) is 22.6 Å². The van der Waals surface area contributed by atoms with E-state index in [2.05, 4.69) is 34.9 Å². The minimum atomic E-state index is -0.110. The highest BCUT2D eigenvalue weighted by atomic mass is 16.2. The topological polar surface area (TPSA) is 62.6 Å². The van der Waals surface area contributed by atoms with Crippen molar-refractivity contribution in [3.63, 3.8) is 0 Å². The Bertz CT molecular complexity index is 741. The van der Waals surface area contributed by atoms with Gasteiger partial charge in [0.1, 0.15) is 6.54 Å². The summed E-state index contributed by atoms with van der Waals surface area (Å²) >= 11 is 0. The van der Waals surface area contributed by atoms with Crippen molar-refractivity contribution in [2.45, 2.75) is 19.9 Å². The van der Waals surface area contributed by atoms with E-state index < -0.39 is 0 Å². The third-order valence-electron chi connectivity index (χ3n) is 4.21. The fourth-order valence-electron chi connectivity index (χ4n) is 3.07. The lowest BCUT2D eigenvalue weighted by Crippen LogP contribution is -3.12. The molecule has 0 aromatic heterocycles. The molecule has 0 bridgehead atoms. The molecular weight excluding hydrogens is 302 g/mol. The van der Waals surface area contributed by atoms with Gasteiger partial charge in [-0.25, -0.2) is 0 Å². The molecule has 124 valence electrons. The number of nitrogens with one attached hydrogen (secondary N) is 3. The minimum absolute atomic E-state index is 0.0108. The first-order valence-electron chi connectivity index (χ1n) is 8.18. The molecule has 3 rings (SSSR count). The predicted octanol–water partition coefficient (Wildman–Crippen LogP) is 1.22. The molecule has 0 radical (unpaired) electrons. The first kappa shape index (κ1) is 16.2. The highest BCUT2D eigenvalue weighted by Crippen LogP contribution is 2.13. The Morgan fingerprint density at radius 3 is 2.25 bits per heavy atom. The molecule has 1 aliphatic heterocycles. The van der Waals surface area contributed by atoms with Crippen LogP contribution in [0.1, 0.15) is 18.1 Å². The van der Waals surface area contributed by atoms with Crippen molar-refractivity contribution >= 4 is 23.2 Å². The number of rotatable bonds is 4. The van der Waals surface area contributed by atoms with Gasteiger partial charge in [-0.15, -0.1) is 0 Å². The second-order valence-electron chi connectivity index (χ2n) is 6.18. The smallest absolute Gasteiger partial charge is 0.279 e. The fraction of sp³-hybridized carbons (Fsp3) is 0.263. The molecule has 1 unspecified atom stereocenters. The maximum Gasteiger partial charge on any atom is 0.279 e. The van der Waals surface area contributed by atoms with Crippen LogP contribution < -0.4 is 15.5 Å². The van der Waals surface area contributed by atoms with Gasteiger partial charge in [0.05, 0.1) is 6.54 Å². The van der Waals surface area contributed by atoms with Gasteiger partial charge in [0.15, 0.2) is 6.54 Å². The Morgan fingerprint density at radius 1 is 0.958 bits per heavy atom. The maximum atomic E-state index is 12.3. The number of carbonyl (C=O) groups is 2. The number of hydrogen-bond donors (Lipinski definition) is 3. The standard InChI is InChI=1S/C19H21N3O2/c1-14(23)20-17-6-8-18(9-7-17)21-19(24)13-22-11-10-15-4-2-3-5-16(15)12-22/h2-9H,10-13H2,1H3,(H,20,23)(H,21,24)/p+1. The summed E-state index contributed by atoms with van der Waals surface area (Å²) in [7, 11) is 0. The van der Waals surface area contributed by atoms with Crippen molar-refractivity contribution in [1.29, 1.82) is 0 Å². The van der Waals surface area contributed by atoms with Crippen LogP contribution in [0.2, 0.25) is 0 Å². The van der Waals surface area contributed by atoms with E-state index in [-0.39, 0.29) is 11.8 Å². The SMILES string of the molecule is CC(=O)Nc1ccc(NC(=O)C[NH+]2CCc3ccccc3C2)cc1. The summed E-state index contributed by atoms with van der Waals surface area (Å²) in [6.45, 7) is 3.80. The molecule has 1 atom stereocenters. The molecule has 2 aromatic carbocycles. The van der Waals surface area contributed by atoms with Crippen molar-refractivity contribution < 1.29 is 14.5 Å². The van der Waals surface area contributed by atoms with Crippen molar-refractivity contribution in [3.8, 4) is 0 Å². The summed E-state index contributed by atoms with van der Waals surface area (Å²) in [5.41, 5.74) is 4.20. The molecule has 2 aromatic rings. The fourth-order valence-corrected chi connectivity index (χ4v) is 3.07. The number of amides is 2. The van der Waals surface area contributed by atoms with Gasteiger partial charge < -0.3 is 15.5 Å². The molecule has 3 N–H and O–H groups in total. The molecule has 1 aliphatic rings. The molecule has 0 saturated carbocycles. The number of anilines is 2. The second kappa shape index (κ2) is 7.27. The van der Waals surface area contributed by atoms with Crippen molar-refractivity contribution in [2.75, 3.05) is 23.7 Å². The number of carbonyl (C=O) groups excluding carboxylic acids is 2. The third-order valence-corrected chi connectivity index (χ3v) is 4.21. The van der Waals surface area contributed by atoms with Crippen molar-refractivity contribution in [2.24, 2.45) is 0 Å². The second-order valence-corrected chi connectivity index (χ2v) is 6.18. The first-order chi connectivity index (χ1) is 11.6. The molecule has 24 heavy (non-hydrogen) atoms. The highest BCUT2D eigenvalue weighted by molar-refractivity contribution is 5.92. The average molecular weight is 324 g/mol. The predicted molar refractivity (Wildman–Crippen MR) is 93.9 cm³/mol. The highest BCUT2D eigenvalue weighted by Gasteiger charge is 2.21. The van der Waals surface area contributed by atoms with Gasteiger partial charge >= 0.3 is 0 Å². The van der Waals surface area contributed by atoms with Crippen LogP contribution in [-0.4, -0.2) is 24.9 Å². The molecule has 0 aliphatic carbocycles. The Kier molecular flexibility index (Phi) is 4.91. The Morgan fingerprint density at radius 2 is 1.58 bits per heavy atom. The molecule has 0 fully saturated rings. The Balaban J connectivity index is 1.53. The summed E-state index contributed by atoms with van der Waals surface area (Å²) in [5, 5.41) is 5.63. The number of hydrogen-bond acceptors (Lipinski definition) is 2. The largest absolute Gasteiger partial charge is 0.326 e. The van der Waals surface area contributed by atoms with Gasteiger partial charge in [0.25, 0.3) is 5.91 Å². The molecular formula is C19H22N3O2+. The lowest BCUT2D eigenvalue weighted by atomic mass is 10.00. The summed E-state index contributed by atoms with van der Waals surface area (Å²) < 4.78 is 0. The van der Waals surface area contributed by atoms with Crippen molar-refractivity contribution in [1.82, 2.24) is 0 Å². The summed E-state index contributed by atoms with van der Waals surface area (Å²) in [5.74, 6) is -0.0996. The van der Waals surface area contributed by atoms with Gasteiger partial charge in [0, 0.05) is 30.3 Å². The Hall–Kier alpha value is -2.66. The van der Waals surface area contributed by atoms with E-state index in [0.29, 0.717) is 6.54 Å². The van der Waals surface area contributed by atoms with E-state index in [1.54, 1.807) is 24.3 Å². The van der Waals surface area contributed by atoms with Crippen LogP contribution in [0.4, 0.5) is 11.4 Å². The van der Waals surface area contributed by atoms with E-state index >= 15 is 0 Å². The summed E-state index contributed by atoms with van der Waals surface area (Å²) in [6, 6.07) is 15.6. The monoisotopic (exact) mass is 324 g/mol. The first-order valence-corrected chi connectivity index (χ1v) is 8.18. The normalized spacial score (nSPS) is 16.1. The summed E-state index contributed by atoms with van der Waals surface area (Å²) in [4.78, 5) is 24.5. The van der Waals surface area contributed by atoms with Gasteiger partial charge in [0.2, 0.25) is 5.91 Å². The third kappa shape index (κ3) is 4.20. The summed E-state index contributed by atoms with van der Waals surface area (Å²) in [6.07, 6.45) is 1.02. The van der Waals surface area contributed by atoms with Gasteiger partial charge in [-0.1, -0.05) is 24.3 Å². The minimum Gasteiger partial charge on any atom is -0.326 e. The van der Waals surface area contributed by atoms with E-state index in [4.69, 9.17) is 0 Å². The van der Waals surface area contributed by atoms with Crippen LogP contribution in [0.15, 0.2) is 48.5 Å². The quantitative estimate of drug-likeness (QED) is 0.792. The molecule has 5 heteroatoms. The van der Waals surface area contributed by atoms with Gasteiger partial charge in [-0.05, 0) is 29.8 Å². The van der Waals surface area contributed by atoms with E-state index in [1.165, 1.54) is 23.0 Å². The molecule has 5 nitrogen and oxygen atoms in total. The van der Waals surface area contributed by atoms with Crippen LogP contribution in [0.3, 0.4) is 0 Å². The van der Waals surface area contributed by atoms with Crippen molar-refractivity contribution in [3.05, 3.63) is 59.7 Å². The number of quaternary nitrogens is 1. The van der Waals surface area contributed by atoms with Crippen LogP contribution in [0, 0.1) is 0 Å². The maximum absolute atomic E-state index is 12.3. The van der Waals surface area contributed by atoms with Gasteiger partial charge in [-0.3, -0.25) is 9.59 Å². The molecule has 0 saturated heterocycles. The lowest BCUT2D eigenvalue weighted by molar-refractivity contribution is -0.907. The molecule has 1 heterocycles. The molecule has 0 spiro atoms. The zero-order valence-corrected chi connectivity index (χ0v) is 13.8. The van der Waals surface area contributed by atoms with Crippen LogP contribution in [0.25, 0.3) is 0 Å². The number of fused-ring (bicyclic) bond motifs is 1. The lowest BCUT2D eigenvalue weighted by Gasteiger charge is -2.25. The zero-order valence-electron chi connectivity index (χ0n) is 13.8. The Labute approximate surface area is 141 Å². The molecule has 2 amide bonds. The van der Waals surface area contributed by atoms with E-state index in [9.17, 15) is 9.59 Å². The van der Waals surface area contributed by atoms with Gasteiger partial charge in [-0.2, -0.15) is 0 Å². The van der Waals surface area contributed by atoms with Crippen LogP contribution >= 0.6 is 0 Å². The van der Waals surface area contributed by atoms with E-state index in [1.807, 2.05) is 0 Å².